The van der Waals surface area contributed by atoms with Gasteiger partial charge in [0.1, 0.15) is 24.7 Å². The molecule has 0 saturated carbocycles. The topological polar surface area (TPSA) is 38.8 Å². The van der Waals surface area contributed by atoms with E-state index in [1.165, 1.54) is 16.7 Å². The highest BCUT2D eigenvalue weighted by molar-refractivity contribution is 8.27. The van der Waals surface area contributed by atoms with Gasteiger partial charge in [0.05, 0.1) is 10.6 Å². The molecule has 1 heterocycles. The van der Waals surface area contributed by atoms with Crippen molar-refractivity contribution in [2.75, 3.05) is 18.1 Å². The molecule has 0 bridgehead atoms. The highest BCUT2D eigenvalue weighted by Gasteiger charge is 2.33. The largest absolute Gasteiger partial charge is 0.490 e. The Morgan fingerprint density at radius 3 is 2.48 bits per heavy atom. The van der Waals surface area contributed by atoms with Crippen molar-refractivity contribution in [3.05, 3.63) is 94.4 Å². The van der Waals surface area contributed by atoms with E-state index in [-0.39, 0.29) is 5.91 Å². The van der Waals surface area contributed by atoms with Crippen LogP contribution in [0.5, 0.6) is 11.5 Å². The van der Waals surface area contributed by atoms with Crippen LogP contribution in [0.4, 0.5) is 5.69 Å². The van der Waals surface area contributed by atoms with Gasteiger partial charge in [0.15, 0.2) is 4.32 Å². The Balaban J connectivity index is 1.46. The van der Waals surface area contributed by atoms with Crippen molar-refractivity contribution in [3.8, 4) is 11.5 Å². The molecular formula is C24H18ClNO3S2. The molecule has 1 saturated heterocycles. The number of anilines is 1. The first kappa shape index (κ1) is 21.4. The molecule has 4 rings (SSSR count). The van der Waals surface area contributed by atoms with Gasteiger partial charge < -0.3 is 9.47 Å². The second kappa shape index (κ2) is 10.0. The molecule has 4 nitrogen and oxygen atoms in total. The zero-order valence-electron chi connectivity index (χ0n) is 16.4. The van der Waals surface area contributed by atoms with Gasteiger partial charge in [-0.25, -0.2) is 0 Å². The summed E-state index contributed by atoms with van der Waals surface area (Å²) < 4.78 is 12.0. The minimum Gasteiger partial charge on any atom is -0.490 e. The van der Waals surface area contributed by atoms with E-state index in [2.05, 4.69) is 0 Å². The lowest BCUT2D eigenvalue weighted by atomic mass is 10.2. The Bertz CT molecular complexity index is 1130. The van der Waals surface area contributed by atoms with Gasteiger partial charge in [-0.1, -0.05) is 78.0 Å². The van der Waals surface area contributed by atoms with E-state index in [0.29, 0.717) is 38.9 Å². The third-order valence-corrected chi connectivity index (χ3v) is 5.96. The van der Waals surface area contributed by atoms with Crippen molar-refractivity contribution in [2.24, 2.45) is 0 Å². The van der Waals surface area contributed by atoms with Gasteiger partial charge in [0.25, 0.3) is 5.91 Å². The summed E-state index contributed by atoms with van der Waals surface area (Å²) in [5, 5.41) is 0.548. The number of hydrogen-bond donors (Lipinski definition) is 0. The molecule has 0 atom stereocenters. The van der Waals surface area contributed by atoms with Crippen LogP contribution in [-0.2, 0) is 4.79 Å². The van der Waals surface area contributed by atoms with Crippen LogP contribution in [0.25, 0.3) is 6.08 Å². The Kier molecular flexibility index (Phi) is 6.92. The fourth-order valence-corrected chi connectivity index (χ4v) is 4.48. The first-order valence-corrected chi connectivity index (χ1v) is 11.2. The maximum absolute atomic E-state index is 13.0. The molecule has 0 spiro atoms. The predicted molar refractivity (Wildman–Crippen MR) is 131 cm³/mol. The van der Waals surface area contributed by atoms with Crippen molar-refractivity contribution in [2.45, 2.75) is 0 Å². The van der Waals surface area contributed by atoms with E-state index in [9.17, 15) is 4.79 Å². The van der Waals surface area contributed by atoms with Crippen LogP contribution in [0.3, 0.4) is 0 Å². The van der Waals surface area contributed by atoms with E-state index in [0.717, 1.165) is 11.3 Å². The second-order valence-electron chi connectivity index (χ2n) is 6.54. The maximum atomic E-state index is 13.0. The van der Waals surface area contributed by atoms with Crippen LogP contribution in [0, 0.1) is 0 Å². The van der Waals surface area contributed by atoms with E-state index < -0.39 is 0 Å². The van der Waals surface area contributed by atoms with Gasteiger partial charge >= 0.3 is 0 Å². The first-order chi connectivity index (χ1) is 15.1. The number of ether oxygens (including phenoxy) is 2. The number of rotatable bonds is 7. The fourth-order valence-electron chi connectivity index (χ4n) is 3.01. The zero-order chi connectivity index (χ0) is 21.6. The van der Waals surface area contributed by atoms with Crippen LogP contribution in [-0.4, -0.2) is 23.4 Å². The Hall–Kier alpha value is -2.80. The first-order valence-electron chi connectivity index (χ1n) is 9.55. The number of hydrogen-bond acceptors (Lipinski definition) is 5. The monoisotopic (exact) mass is 467 g/mol. The summed E-state index contributed by atoms with van der Waals surface area (Å²) in [6, 6.07) is 24.2. The lowest BCUT2D eigenvalue weighted by Crippen LogP contribution is -2.27. The number of carbonyl (C=O) groups excluding carboxylic acids is 1. The molecule has 31 heavy (non-hydrogen) atoms. The lowest BCUT2D eigenvalue weighted by Gasteiger charge is -2.14. The van der Waals surface area contributed by atoms with Gasteiger partial charge in [-0.3, -0.25) is 9.69 Å². The van der Waals surface area contributed by atoms with E-state index in [1.54, 1.807) is 24.3 Å². The summed E-state index contributed by atoms with van der Waals surface area (Å²) in [4.78, 5) is 15.0. The molecular weight excluding hydrogens is 450 g/mol. The number of amides is 1. The quantitative estimate of drug-likeness (QED) is 0.235. The number of carbonyl (C=O) groups is 1. The third kappa shape index (κ3) is 5.28. The smallest absolute Gasteiger partial charge is 0.270 e. The van der Waals surface area contributed by atoms with Gasteiger partial charge in [-0.05, 0) is 42.5 Å². The number of thioether (sulfide) groups is 1. The third-order valence-electron chi connectivity index (χ3n) is 4.42. The number of benzene rings is 3. The summed E-state index contributed by atoms with van der Waals surface area (Å²) in [7, 11) is 0. The predicted octanol–water partition coefficient (Wildman–Crippen LogP) is 6.20. The molecule has 0 radical (unpaired) electrons. The van der Waals surface area contributed by atoms with Gasteiger partial charge in [0, 0.05) is 10.6 Å². The van der Waals surface area contributed by atoms with Crippen molar-refractivity contribution in [1.82, 2.24) is 0 Å². The number of para-hydroxylation sites is 2. The number of halogens is 1. The van der Waals surface area contributed by atoms with Crippen molar-refractivity contribution in [1.29, 1.82) is 0 Å². The number of thiocarbonyl (C=S) groups is 1. The van der Waals surface area contributed by atoms with Crippen LogP contribution in [0.15, 0.2) is 83.8 Å². The van der Waals surface area contributed by atoms with Crippen molar-refractivity contribution < 1.29 is 14.3 Å². The van der Waals surface area contributed by atoms with Gasteiger partial charge in [-0.2, -0.15) is 0 Å². The van der Waals surface area contributed by atoms with E-state index in [4.69, 9.17) is 33.3 Å². The second-order valence-corrected chi connectivity index (χ2v) is 8.66. The van der Waals surface area contributed by atoms with Crippen molar-refractivity contribution >= 4 is 57.6 Å². The van der Waals surface area contributed by atoms with Gasteiger partial charge in [0.2, 0.25) is 0 Å². The molecule has 1 aliphatic rings. The number of nitrogens with zero attached hydrogens (tertiary/aromatic N) is 1. The van der Waals surface area contributed by atoms with Crippen LogP contribution >= 0.6 is 35.6 Å². The minimum atomic E-state index is -0.181. The van der Waals surface area contributed by atoms with E-state index in [1.807, 2.05) is 60.7 Å². The average Bonchev–Trinajstić information content (AvgIpc) is 3.06. The molecule has 7 heteroatoms. The van der Waals surface area contributed by atoms with Crippen LogP contribution in [0.2, 0.25) is 5.02 Å². The summed E-state index contributed by atoms with van der Waals surface area (Å²) in [5.41, 5.74) is 1.45. The summed E-state index contributed by atoms with van der Waals surface area (Å²) >= 11 is 12.8. The summed E-state index contributed by atoms with van der Waals surface area (Å²) in [6.45, 7) is 0.790. The SMILES string of the molecule is O=C1/C(=C/c2ccccc2OCCOc2ccccc2)SC(=S)N1c1cccc(Cl)c1. The molecule has 0 N–H and O–H groups in total. The average molecular weight is 468 g/mol. The molecule has 3 aromatic carbocycles. The van der Waals surface area contributed by atoms with Crippen molar-refractivity contribution in [3.63, 3.8) is 0 Å². The Morgan fingerprint density at radius 1 is 0.935 bits per heavy atom. The standard InChI is InChI=1S/C24H18ClNO3S2/c25-18-8-6-9-19(16-18)26-23(27)22(31-24(26)30)15-17-7-4-5-12-21(17)29-14-13-28-20-10-2-1-3-11-20/h1-12,15-16H,13-14H2/b22-15-. The van der Waals surface area contributed by atoms with Crippen LogP contribution < -0.4 is 14.4 Å². The van der Waals surface area contributed by atoms with E-state index >= 15 is 0 Å². The lowest BCUT2D eigenvalue weighted by molar-refractivity contribution is -0.113. The molecule has 0 unspecified atom stereocenters. The van der Waals surface area contributed by atoms with Gasteiger partial charge in [-0.15, -0.1) is 0 Å². The summed E-state index contributed by atoms with van der Waals surface area (Å²) in [5.74, 6) is 1.29. The normalized spacial score (nSPS) is 14.9. The molecule has 156 valence electrons. The highest BCUT2D eigenvalue weighted by atomic mass is 35.5. The maximum Gasteiger partial charge on any atom is 0.270 e. The fraction of sp³-hybridized carbons (Fsp3) is 0.0833. The minimum absolute atomic E-state index is 0.181. The Morgan fingerprint density at radius 2 is 1.68 bits per heavy atom. The molecule has 1 aliphatic heterocycles. The molecule has 0 aliphatic carbocycles. The molecule has 1 amide bonds. The van der Waals surface area contributed by atoms with Crippen LogP contribution in [0.1, 0.15) is 5.56 Å². The summed E-state index contributed by atoms with van der Waals surface area (Å²) in [6.07, 6.45) is 1.80. The highest BCUT2D eigenvalue weighted by Crippen LogP contribution is 2.37. The molecule has 3 aromatic rings. The molecule has 1 fully saturated rings. The Labute approximate surface area is 195 Å². The molecule has 0 aromatic heterocycles. The zero-order valence-corrected chi connectivity index (χ0v) is 18.8.